The van der Waals surface area contributed by atoms with Crippen LogP contribution in [0.25, 0.3) is 0 Å². The first kappa shape index (κ1) is 19.4. The molecule has 1 aliphatic carbocycles. The standard InChI is InChI=1S/C16H16F3N3O4S/c17-16(18,19)11-3-1-2-4-12(11)27(24,25)10-7-13(21-8-10)26-14(23)22-15(9-20)5-6-15/h1-4,10,13,21H,5-8H2,(H,22,23)/t10-,13+/m1/s1. The maximum atomic E-state index is 13.1. The van der Waals surface area contributed by atoms with Gasteiger partial charge in [-0.1, -0.05) is 12.1 Å². The van der Waals surface area contributed by atoms with Crippen molar-refractivity contribution in [2.45, 2.75) is 47.4 Å². The van der Waals surface area contributed by atoms with Crippen LogP contribution in [0, 0.1) is 11.3 Å². The van der Waals surface area contributed by atoms with E-state index in [0.717, 1.165) is 12.1 Å². The molecule has 1 aromatic carbocycles. The first-order chi connectivity index (χ1) is 12.6. The lowest BCUT2D eigenvalue weighted by Crippen LogP contribution is -2.40. The number of hydrogen-bond acceptors (Lipinski definition) is 6. The molecule has 11 heteroatoms. The number of hydrogen-bond donors (Lipinski definition) is 2. The molecule has 7 nitrogen and oxygen atoms in total. The van der Waals surface area contributed by atoms with Gasteiger partial charge in [-0.05, 0) is 25.0 Å². The Labute approximate surface area is 153 Å². The van der Waals surface area contributed by atoms with Crippen molar-refractivity contribution < 1.29 is 31.1 Å². The summed E-state index contributed by atoms with van der Waals surface area (Å²) in [6, 6.07) is 5.93. The van der Waals surface area contributed by atoms with E-state index in [-0.39, 0.29) is 13.0 Å². The van der Waals surface area contributed by atoms with E-state index in [1.165, 1.54) is 6.07 Å². The van der Waals surface area contributed by atoms with Gasteiger partial charge in [-0.25, -0.2) is 13.2 Å². The number of nitrogens with one attached hydrogen (secondary N) is 2. The Morgan fingerprint density at radius 1 is 1.33 bits per heavy atom. The number of alkyl halides is 3. The van der Waals surface area contributed by atoms with Crippen LogP contribution in [0.15, 0.2) is 29.2 Å². The minimum Gasteiger partial charge on any atom is -0.430 e. The molecule has 27 heavy (non-hydrogen) atoms. The molecule has 0 radical (unpaired) electrons. The molecule has 2 atom stereocenters. The molecular formula is C16H16F3N3O4S. The molecule has 2 fully saturated rings. The number of rotatable bonds is 4. The highest BCUT2D eigenvalue weighted by Crippen LogP contribution is 2.37. The van der Waals surface area contributed by atoms with E-state index in [4.69, 9.17) is 10.00 Å². The first-order valence-corrected chi connectivity index (χ1v) is 9.66. The smallest absolute Gasteiger partial charge is 0.417 e. The minimum absolute atomic E-state index is 0.157. The molecule has 1 saturated carbocycles. The summed E-state index contributed by atoms with van der Waals surface area (Å²) < 4.78 is 69.8. The van der Waals surface area contributed by atoms with Crippen LogP contribution in [0.1, 0.15) is 24.8 Å². The molecule has 1 amide bonds. The van der Waals surface area contributed by atoms with Crippen molar-refractivity contribution in [2.24, 2.45) is 0 Å². The van der Waals surface area contributed by atoms with Crippen molar-refractivity contribution in [1.82, 2.24) is 10.6 Å². The second-order valence-electron chi connectivity index (χ2n) is 6.52. The van der Waals surface area contributed by atoms with Crippen LogP contribution in [0.3, 0.4) is 0 Å². The van der Waals surface area contributed by atoms with Gasteiger partial charge in [0.25, 0.3) is 0 Å². The third-order valence-electron chi connectivity index (χ3n) is 4.54. The number of carbonyl (C=O) groups is 1. The van der Waals surface area contributed by atoms with Gasteiger partial charge in [-0.2, -0.15) is 18.4 Å². The maximum Gasteiger partial charge on any atom is 0.417 e. The highest BCUT2D eigenvalue weighted by atomic mass is 32.2. The number of alkyl carbamates (subject to hydrolysis) is 1. The quantitative estimate of drug-likeness (QED) is 0.796. The Morgan fingerprint density at radius 2 is 2.00 bits per heavy atom. The summed E-state index contributed by atoms with van der Waals surface area (Å²) in [6.07, 6.45) is -5.84. The van der Waals surface area contributed by atoms with Crippen molar-refractivity contribution in [1.29, 1.82) is 5.26 Å². The lowest BCUT2D eigenvalue weighted by atomic mass is 10.2. The van der Waals surface area contributed by atoms with Gasteiger partial charge in [-0.3, -0.25) is 5.32 Å². The minimum atomic E-state index is -4.80. The van der Waals surface area contributed by atoms with E-state index < -0.39 is 49.6 Å². The van der Waals surface area contributed by atoms with Crippen LogP contribution in [0.4, 0.5) is 18.0 Å². The Kier molecular flexibility index (Phi) is 4.81. The summed E-state index contributed by atoms with van der Waals surface area (Å²) in [4.78, 5) is 11.0. The molecule has 146 valence electrons. The SMILES string of the molecule is N#CC1(NC(=O)O[C@H]2C[C@@H](S(=O)(=O)c3ccccc3C(F)(F)F)CN2)CC1. The number of ether oxygens (including phenoxy) is 1. The fourth-order valence-electron chi connectivity index (χ4n) is 2.87. The molecule has 1 saturated heterocycles. The average Bonchev–Trinajstić information content (AvgIpc) is 3.20. The van der Waals surface area contributed by atoms with Crippen LogP contribution in [0.2, 0.25) is 0 Å². The number of halogens is 3. The van der Waals surface area contributed by atoms with E-state index in [0.29, 0.717) is 18.9 Å². The van der Waals surface area contributed by atoms with Gasteiger partial charge in [-0.15, -0.1) is 0 Å². The monoisotopic (exact) mass is 403 g/mol. The predicted octanol–water partition coefficient (Wildman–Crippen LogP) is 1.95. The highest BCUT2D eigenvalue weighted by Gasteiger charge is 2.46. The van der Waals surface area contributed by atoms with Crippen LogP contribution >= 0.6 is 0 Å². The third-order valence-corrected chi connectivity index (χ3v) is 6.75. The van der Waals surface area contributed by atoms with Crippen LogP contribution in [-0.2, 0) is 20.8 Å². The molecule has 2 N–H and O–H groups in total. The highest BCUT2D eigenvalue weighted by molar-refractivity contribution is 7.92. The fraction of sp³-hybridized carbons (Fsp3) is 0.500. The fourth-order valence-corrected chi connectivity index (χ4v) is 4.73. The maximum absolute atomic E-state index is 13.1. The zero-order valence-electron chi connectivity index (χ0n) is 13.9. The lowest BCUT2D eigenvalue weighted by molar-refractivity contribution is -0.139. The predicted molar refractivity (Wildman–Crippen MR) is 86.0 cm³/mol. The van der Waals surface area contributed by atoms with Crippen molar-refractivity contribution in [3.05, 3.63) is 29.8 Å². The second kappa shape index (κ2) is 6.69. The van der Waals surface area contributed by atoms with Gasteiger partial charge in [0.2, 0.25) is 0 Å². The summed E-state index contributed by atoms with van der Waals surface area (Å²) in [5, 5.41) is 12.8. The number of carbonyl (C=O) groups excluding carboxylic acids is 1. The molecule has 0 spiro atoms. The van der Waals surface area contributed by atoms with Gasteiger partial charge in [0.15, 0.2) is 16.1 Å². The summed E-state index contributed by atoms with van der Waals surface area (Å²) in [5.41, 5.74) is -2.16. The molecule has 2 aliphatic rings. The van der Waals surface area contributed by atoms with Crippen molar-refractivity contribution in [3.63, 3.8) is 0 Å². The number of amides is 1. The van der Waals surface area contributed by atoms with Crippen LogP contribution < -0.4 is 10.6 Å². The number of nitriles is 1. The summed E-state index contributed by atoms with van der Waals surface area (Å²) in [6.45, 7) is -0.157. The molecule has 1 heterocycles. The summed E-state index contributed by atoms with van der Waals surface area (Å²) in [5.74, 6) is 0. The Bertz CT molecular complexity index is 891. The topological polar surface area (TPSA) is 108 Å². The van der Waals surface area contributed by atoms with Gasteiger partial charge >= 0.3 is 12.3 Å². The van der Waals surface area contributed by atoms with E-state index in [9.17, 15) is 26.4 Å². The lowest BCUT2D eigenvalue weighted by Gasteiger charge is -2.17. The number of sulfone groups is 1. The zero-order valence-corrected chi connectivity index (χ0v) is 14.7. The van der Waals surface area contributed by atoms with E-state index in [2.05, 4.69) is 10.6 Å². The van der Waals surface area contributed by atoms with Gasteiger partial charge in [0.05, 0.1) is 21.8 Å². The molecular weight excluding hydrogens is 387 g/mol. The molecule has 0 bridgehead atoms. The van der Waals surface area contributed by atoms with Gasteiger partial charge in [0.1, 0.15) is 5.54 Å². The third kappa shape index (κ3) is 4.01. The van der Waals surface area contributed by atoms with Crippen molar-refractivity contribution in [3.8, 4) is 6.07 Å². The van der Waals surface area contributed by atoms with Gasteiger partial charge in [0, 0.05) is 13.0 Å². The Morgan fingerprint density at radius 3 is 2.59 bits per heavy atom. The largest absolute Gasteiger partial charge is 0.430 e. The first-order valence-electron chi connectivity index (χ1n) is 8.11. The van der Waals surface area contributed by atoms with Crippen LogP contribution in [0.5, 0.6) is 0 Å². The summed E-state index contributed by atoms with van der Waals surface area (Å²) >= 11 is 0. The summed E-state index contributed by atoms with van der Waals surface area (Å²) in [7, 11) is -4.30. The van der Waals surface area contributed by atoms with E-state index in [1.807, 2.05) is 6.07 Å². The molecule has 1 aliphatic heterocycles. The van der Waals surface area contributed by atoms with Crippen LogP contribution in [-0.4, -0.2) is 38.1 Å². The number of benzene rings is 1. The van der Waals surface area contributed by atoms with Crippen molar-refractivity contribution in [2.75, 3.05) is 6.54 Å². The Hall–Kier alpha value is -2.32. The molecule has 1 aromatic rings. The second-order valence-corrected chi connectivity index (χ2v) is 8.71. The van der Waals surface area contributed by atoms with E-state index >= 15 is 0 Å². The molecule has 0 unspecified atom stereocenters. The normalized spacial score (nSPS) is 24.1. The van der Waals surface area contributed by atoms with Gasteiger partial charge < -0.3 is 10.1 Å². The molecule has 0 aromatic heterocycles. The Balaban J connectivity index is 1.70. The molecule has 3 rings (SSSR count). The number of nitrogens with zero attached hydrogens (tertiary/aromatic N) is 1. The van der Waals surface area contributed by atoms with E-state index in [1.54, 1.807) is 0 Å². The zero-order chi connectivity index (χ0) is 19.9. The average molecular weight is 403 g/mol. The van der Waals surface area contributed by atoms with Crippen molar-refractivity contribution >= 4 is 15.9 Å².